The number of hydrogen-bond donors (Lipinski definition) is 2. The summed E-state index contributed by atoms with van der Waals surface area (Å²) in [5.41, 5.74) is 1.58. The van der Waals surface area contributed by atoms with Gasteiger partial charge in [-0.1, -0.05) is 20.8 Å². The predicted octanol–water partition coefficient (Wildman–Crippen LogP) is 2.76. The molecule has 1 aromatic carbocycles. The smallest absolute Gasteiger partial charge is 0.251 e. The zero-order valence-electron chi connectivity index (χ0n) is 14.5. The van der Waals surface area contributed by atoms with Gasteiger partial charge in [0.25, 0.3) is 5.91 Å². The Morgan fingerprint density at radius 1 is 0.958 bits per heavy atom. The summed E-state index contributed by atoms with van der Waals surface area (Å²) in [5.74, 6) is -0.132. The molecule has 0 aliphatic carbocycles. The van der Waals surface area contributed by atoms with E-state index in [2.05, 4.69) is 10.6 Å². The van der Waals surface area contributed by atoms with Gasteiger partial charge in [0.05, 0.1) is 0 Å². The van der Waals surface area contributed by atoms with Crippen LogP contribution in [0.15, 0.2) is 48.8 Å². The van der Waals surface area contributed by atoms with E-state index in [0.29, 0.717) is 25.1 Å². The molecule has 0 fully saturated rings. The van der Waals surface area contributed by atoms with Crippen LogP contribution in [0.1, 0.15) is 37.6 Å². The zero-order chi connectivity index (χ0) is 17.6. The van der Waals surface area contributed by atoms with Crippen LogP contribution in [0.5, 0.6) is 0 Å². The Bertz CT molecular complexity index is 668. The Morgan fingerprint density at radius 2 is 1.54 bits per heavy atom. The fourth-order valence-electron chi connectivity index (χ4n) is 2.32. The van der Waals surface area contributed by atoms with Crippen LogP contribution < -0.4 is 10.6 Å². The Hall–Kier alpha value is -2.56. The summed E-state index contributed by atoms with van der Waals surface area (Å²) in [7, 11) is 0. The van der Waals surface area contributed by atoms with Gasteiger partial charge in [-0.3, -0.25) is 9.59 Å². The molecule has 0 atom stereocenters. The molecule has 0 saturated heterocycles. The maximum atomic E-state index is 12.1. The van der Waals surface area contributed by atoms with E-state index in [1.807, 2.05) is 62.0 Å². The summed E-state index contributed by atoms with van der Waals surface area (Å²) in [5, 5.41) is 5.63. The SMILES string of the molecule is CC(C)(C)CC(=O)NCCNC(=O)c1ccc(-n2cccc2)cc1. The van der Waals surface area contributed by atoms with Crippen molar-refractivity contribution in [1.82, 2.24) is 15.2 Å². The van der Waals surface area contributed by atoms with Crippen molar-refractivity contribution in [3.63, 3.8) is 0 Å². The van der Waals surface area contributed by atoms with E-state index >= 15 is 0 Å². The molecular formula is C19H25N3O2. The van der Waals surface area contributed by atoms with Crippen molar-refractivity contribution in [2.45, 2.75) is 27.2 Å². The number of carbonyl (C=O) groups excluding carboxylic acids is 2. The lowest BCUT2D eigenvalue weighted by Crippen LogP contribution is -2.35. The number of benzene rings is 1. The lowest BCUT2D eigenvalue weighted by atomic mass is 9.92. The maximum Gasteiger partial charge on any atom is 0.251 e. The van der Waals surface area contributed by atoms with Crippen LogP contribution in [-0.2, 0) is 4.79 Å². The van der Waals surface area contributed by atoms with Crippen molar-refractivity contribution in [3.8, 4) is 5.69 Å². The van der Waals surface area contributed by atoms with Crippen molar-refractivity contribution in [2.24, 2.45) is 5.41 Å². The van der Waals surface area contributed by atoms with Crippen LogP contribution in [0.2, 0.25) is 0 Å². The second-order valence-corrected chi connectivity index (χ2v) is 6.98. The largest absolute Gasteiger partial charge is 0.354 e. The van der Waals surface area contributed by atoms with Gasteiger partial charge >= 0.3 is 0 Å². The zero-order valence-corrected chi connectivity index (χ0v) is 14.5. The monoisotopic (exact) mass is 327 g/mol. The molecule has 0 unspecified atom stereocenters. The second kappa shape index (κ2) is 7.81. The summed E-state index contributed by atoms with van der Waals surface area (Å²) in [6.07, 6.45) is 4.38. The molecule has 2 rings (SSSR count). The molecule has 2 N–H and O–H groups in total. The van der Waals surface area contributed by atoms with Crippen LogP contribution in [0.25, 0.3) is 5.69 Å². The van der Waals surface area contributed by atoms with Crippen molar-refractivity contribution < 1.29 is 9.59 Å². The average Bonchev–Trinajstić information content (AvgIpc) is 3.04. The van der Waals surface area contributed by atoms with Gasteiger partial charge in [-0.15, -0.1) is 0 Å². The number of rotatable bonds is 6. The molecule has 128 valence electrons. The van der Waals surface area contributed by atoms with Crippen LogP contribution in [0.4, 0.5) is 0 Å². The average molecular weight is 327 g/mol. The van der Waals surface area contributed by atoms with Crippen LogP contribution in [0, 0.1) is 5.41 Å². The molecule has 0 aliphatic heterocycles. The minimum absolute atomic E-state index is 0.00724. The van der Waals surface area contributed by atoms with E-state index in [9.17, 15) is 9.59 Å². The number of amides is 2. The number of hydrogen-bond acceptors (Lipinski definition) is 2. The molecule has 1 aromatic heterocycles. The Morgan fingerprint density at radius 3 is 2.12 bits per heavy atom. The first-order valence-electron chi connectivity index (χ1n) is 8.13. The highest BCUT2D eigenvalue weighted by Gasteiger charge is 2.15. The lowest BCUT2D eigenvalue weighted by Gasteiger charge is -2.17. The van der Waals surface area contributed by atoms with Gasteiger partial charge in [0, 0.05) is 43.2 Å². The Kier molecular flexibility index (Phi) is 5.79. The van der Waals surface area contributed by atoms with Gasteiger partial charge in [-0.2, -0.15) is 0 Å². The molecule has 5 nitrogen and oxygen atoms in total. The van der Waals surface area contributed by atoms with E-state index in [1.54, 1.807) is 12.1 Å². The number of aromatic nitrogens is 1. The van der Waals surface area contributed by atoms with E-state index < -0.39 is 0 Å². The minimum Gasteiger partial charge on any atom is -0.354 e. The van der Waals surface area contributed by atoms with Gasteiger partial charge in [0.1, 0.15) is 0 Å². The third-order valence-electron chi connectivity index (χ3n) is 3.46. The molecule has 0 aliphatic rings. The van der Waals surface area contributed by atoms with Gasteiger partial charge < -0.3 is 15.2 Å². The molecule has 5 heteroatoms. The summed E-state index contributed by atoms with van der Waals surface area (Å²) >= 11 is 0. The minimum atomic E-state index is -0.140. The quantitative estimate of drug-likeness (QED) is 0.801. The highest BCUT2D eigenvalue weighted by atomic mass is 16.2. The molecule has 24 heavy (non-hydrogen) atoms. The third kappa shape index (κ3) is 5.57. The molecular weight excluding hydrogens is 302 g/mol. The fourth-order valence-corrected chi connectivity index (χ4v) is 2.32. The van der Waals surface area contributed by atoms with Crippen molar-refractivity contribution in [2.75, 3.05) is 13.1 Å². The summed E-state index contributed by atoms with van der Waals surface area (Å²) in [4.78, 5) is 23.8. The molecule has 0 bridgehead atoms. The van der Waals surface area contributed by atoms with Gasteiger partial charge in [-0.05, 0) is 41.8 Å². The maximum absolute atomic E-state index is 12.1. The van der Waals surface area contributed by atoms with Crippen LogP contribution >= 0.6 is 0 Å². The van der Waals surface area contributed by atoms with E-state index in [4.69, 9.17) is 0 Å². The Labute approximate surface area is 143 Å². The lowest BCUT2D eigenvalue weighted by molar-refractivity contribution is -0.122. The van der Waals surface area contributed by atoms with Crippen molar-refractivity contribution in [3.05, 3.63) is 54.4 Å². The molecule has 2 amide bonds. The van der Waals surface area contributed by atoms with Crippen LogP contribution in [-0.4, -0.2) is 29.5 Å². The first-order chi connectivity index (χ1) is 11.3. The highest BCUT2D eigenvalue weighted by Crippen LogP contribution is 2.17. The topological polar surface area (TPSA) is 63.1 Å². The molecule has 0 spiro atoms. The van der Waals surface area contributed by atoms with E-state index in [0.717, 1.165) is 5.69 Å². The Balaban J connectivity index is 1.76. The first-order valence-corrected chi connectivity index (χ1v) is 8.13. The normalized spacial score (nSPS) is 11.1. The molecule has 0 saturated carbocycles. The van der Waals surface area contributed by atoms with Crippen molar-refractivity contribution in [1.29, 1.82) is 0 Å². The predicted molar refractivity (Wildman–Crippen MR) is 95.2 cm³/mol. The summed E-state index contributed by atoms with van der Waals surface area (Å²) in [6, 6.07) is 11.3. The first kappa shape index (κ1) is 17.8. The van der Waals surface area contributed by atoms with Crippen LogP contribution in [0.3, 0.4) is 0 Å². The van der Waals surface area contributed by atoms with Gasteiger partial charge in [-0.25, -0.2) is 0 Å². The van der Waals surface area contributed by atoms with Gasteiger partial charge in [0.2, 0.25) is 5.91 Å². The summed E-state index contributed by atoms with van der Waals surface area (Å²) in [6.45, 7) is 6.90. The number of carbonyl (C=O) groups is 2. The molecule has 2 aromatic rings. The van der Waals surface area contributed by atoms with Crippen molar-refractivity contribution >= 4 is 11.8 Å². The summed E-state index contributed by atoms with van der Waals surface area (Å²) < 4.78 is 1.98. The molecule has 0 radical (unpaired) electrons. The number of nitrogens with one attached hydrogen (secondary N) is 2. The fraction of sp³-hybridized carbons (Fsp3) is 0.368. The standard InChI is InChI=1S/C19H25N3O2/c1-19(2,3)14-17(23)20-10-11-21-18(24)15-6-8-16(9-7-15)22-12-4-5-13-22/h4-9,12-13H,10-11,14H2,1-3H3,(H,20,23)(H,21,24). The second-order valence-electron chi connectivity index (χ2n) is 6.98. The molecule has 1 heterocycles. The number of nitrogens with zero attached hydrogens (tertiary/aromatic N) is 1. The highest BCUT2D eigenvalue weighted by molar-refractivity contribution is 5.94. The van der Waals surface area contributed by atoms with E-state index in [-0.39, 0.29) is 17.2 Å². The third-order valence-corrected chi connectivity index (χ3v) is 3.46. The van der Waals surface area contributed by atoms with E-state index in [1.165, 1.54) is 0 Å². The van der Waals surface area contributed by atoms with Gasteiger partial charge in [0.15, 0.2) is 0 Å².